The Labute approximate surface area is 134 Å². The quantitative estimate of drug-likeness (QED) is 0.847. The molecule has 0 aromatic carbocycles. The summed E-state index contributed by atoms with van der Waals surface area (Å²) in [6.45, 7) is 2.24. The van der Waals surface area contributed by atoms with Crippen LogP contribution in [0.5, 0.6) is 0 Å². The highest BCUT2D eigenvalue weighted by atomic mass is 79.9. The van der Waals surface area contributed by atoms with Crippen LogP contribution in [-0.2, 0) is 12.8 Å². The van der Waals surface area contributed by atoms with Crippen LogP contribution in [0.1, 0.15) is 40.0 Å². The maximum atomic E-state index is 12.2. The molecule has 0 fully saturated rings. The molecular formula is C14H15BrN2OS2. The first-order chi connectivity index (χ1) is 9.67. The van der Waals surface area contributed by atoms with Gasteiger partial charge in [0.15, 0.2) is 5.13 Å². The Kier molecular flexibility index (Phi) is 4.23. The molecule has 0 spiro atoms. The molecule has 1 atom stereocenters. The third kappa shape index (κ3) is 2.82. The van der Waals surface area contributed by atoms with E-state index in [-0.39, 0.29) is 5.91 Å². The normalized spacial score (nSPS) is 17.8. The molecule has 20 heavy (non-hydrogen) atoms. The zero-order valence-corrected chi connectivity index (χ0v) is 14.3. The van der Waals surface area contributed by atoms with Gasteiger partial charge >= 0.3 is 0 Å². The summed E-state index contributed by atoms with van der Waals surface area (Å²) in [7, 11) is 0. The number of rotatable bonds is 3. The fourth-order valence-electron chi connectivity index (χ4n) is 2.45. The minimum atomic E-state index is -0.0787. The van der Waals surface area contributed by atoms with Crippen molar-refractivity contribution in [1.29, 1.82) is 0 Å². The molecule has 2 heterocycles. The van der Waals surface area contributed by atoms with Crippen LogP contribution in [0.25, 0.3) is 0 Å². The van der Waals surface area contributed by atoms with Gasteiger partial charge in [0.25, 0.3) is 5.91 Å². The Morgan fingerprint density at radius 2 is 2.45 bits per heavy atom. The number of amides is 1. The van der Waals surface area contributed by atoms with Gasteiger partial charge in [-0.3, -0.25) is 10.1 Å². The Hall–Kier alpha value is -0.720. The van der Waals surface area contributed by atoms with Crippen LogP contribution in [0.3, 0.4) is 0 Å². The molecule has 1 aliphatic carbocycles. The van der Waals surface area contributed by atoms with E-state index in [1.54, 1.807) is 11.3 Å². The van der Waals surface area contributed by atoms with E-state index in [2.05, 4.69) is 33.2 Å². The largest absolute Gasteiger partial charge is 0.297 e. The van der Waals surface area contributed by atoms with E-state index in [4.69, 9.17) is 0 Å². The van der Waals surface area contributed by atoms with Crippen LogP contribution in [0, 0.1) is 5.92 Å². The van der Waals surface area contributed by atoms with Gasteiger partial charge in [0.1, 0.15) is 4.88 Å². The van der Waals surface area contributed by atoms with E-state index in [1.807, 2.05) is 11.4 Å². The third-order valence-electron chi connectivity index (χ3n) is 3.66. The molecule has 0 bridgehead atoms. The Morgan fingerprint density at radius 3 is 3.15 bits per heavy atom. The molecule has 1 N–H and O–H groups in total. The van der Waals surface area contributed by atoms with Gasteiger partial charge in [-0.15, -0.1) is 22.7 Å². The smallest absolute Gasteiger partial charge is 0.268 e. The SMILES string of the molecule is CCC1CCc2nc(NC(=O)c3sccc3Br)sc2C1. The number of nitrogens with zero attached hydrogens (tertiary/aromatic N) is 1. The van der Waals surface area contributed by atoms with E-state index in [9.17, 15) is 4.79 Å². The van der Waals surface area contributed by atoms with E-state index < -0.39 is 0 Å². The minimum absolute atomic E-state index is 0.0787. The maximum Gasteiger partial charge on any atom is 0.268 e. The Bertz CT molecular complexity index is 635. The van der Waals surface area contributed by atoms with Crippen LogP contribution in [0.4, 0.5) is 5.13 Å². The number of carbonyl (C=O) groups excluding carboxylic acids is 1. The van der Waals surface area contributed by atoms with Crippen molar-refractivity contribution in [3.05, 3.63) is 31.4 Å². The summed E-state index contributed by atoms with van der Waals surface area (Å²) < 4.78 is 0.840. The number of carbonyl (C=O) groups is 1. The number of hydrogen-bond acceptors (Lipinski definition) is 4. The molecule has 1 amide bonds. The van der Waals surface area contributed by atoms with Gasteiger partial charge < -0.3 is 0 Å². The molecule has 2 aromatic rings. The van der Waals surface area contributed by atoms with Gasteiger partial charge in [0.2, 0.25) is 0 Å². The third-order valence-corrected chi connectivity index (χ3v) is 6.53. The summed E-state index contributed by atoms with van der Waals surface area (Å²) in [5, 5.41) is 5.56. The summed E-state index contributed by atoms with van der Waals surface area (Å²) in [4.78, 5) is 18.8. The zero-order chi connectivity index (χ0) is 14.1. The molecular weight excluding hydrogens is 356 g/mol. The lowest BCUT2D eigenvalue weighted by molar-refractivity contribution is 0.103. The van der Waals surface area contributed by atoms with E-state index in [0.717, 1.165) is 28.4 Å². The summed E-state index contributed by atoms with van der Waals surface area (Å²) >= 11 is 6.45. The van der Waals surface area contributed by atoms with Gasteiger partial charge in [-0.2, -0.15) is 0 Å². The number of thiophene rings is 1. The van der Waals surface area contributed by atoms with E-state index >= 15 is 0 Å². The van der Waals surface area contributed by atoms with E-state index in [1.165, 1.54) is 34.7 Å². The van der Waals surface area contributed by atoms with Crippen molar-refractivity contribution in [3.8, 4) is 0 Å². The lowest BCUT2D eigenvalue weighted by atomic mass is 9.89. The van der Waals surface area contributed by atoms with Crippen molar-refractivity contribution in [2.75, 3.05) is 5.32 Å². The molecule has 6 heteroatoms. The van der Waals surface area contributed by atoms with Crippen LogP contribution >= 0.6 is 38.6 Å². The van der Waals surface area contributed by atoms with Crippen molar-refractivity contribution in [2.24, 2.45) is 5.92 Å². The molecule has 0 saturated carbocycles. The van der Waals surface area contributed by atoms with Gasteiger partial charge in [-0.1, -0.05) is 13.3 Å². The van der Waals surface area contributed by atoms with Crippen molar-refractivity contribution < 1.29 is 4.79 Å². The highest BCUT2D eigenvalue weighted by Gasteiger charge is 2.22. The predicted molar refractivity (Wildman–Crippen MR) is 87.9 cm³/mol. The lowest BCUT2D eigenvalue weighted by Crippen LogP contribution is -2.12. The molecule has 106 valence electrons. The topological polar surface area (TPSA) is 42.0 Å². The highest BCUT2D eigenvalue weighted by molar-refractivity contribution is 9.10. The monoisotopic (exact) mass is 370 g/mol. The number of aromatic nitrogens is 1. The minimum Gasteiger partial charge on any atom is -0.297 e. The first-order valence-corrected chi connectivity index (χ1v) is 9.19. The molecule has 0 aliphatic heterocycles. The van der Waals surface area contributed by atoms with Crippen LogP contribution < -0.4 is 5.32 Å². The number of halogens is 1. The van der Waals surface area contributed by atoms with Gasteiger partial charge in [0, 0.05) is 9.35 Å². The molecule has 3 nitrogen and oxygen atoms in total. The summed E-state index contributed by atoms with van der Waals surface area (Å²) in [5.41, 5.74) is 1.18. The number of aryl methyl sites for hydroxylation is 1. The molecule has 1 unspecified atom stereocenters. The molecule has 3 rings (SSSR count). The second kappa shape index (κ2) is 5.95. The number of nitrogens with one attached hydrogen (secondary N) is 1. The van der Waals surface area contributed by atoms with Crippen molar-refractivity contribution in [3.63, 3.8) is 0 Å². The van der Waals surface area contributed by atoms with Gasteiger partial charge in [-0.05, 0) is 52.6 Å². The van der Waals surface area contributed by atoms with Crippen molar-refractivity contribution >= 4 is 49.6 Å². The standard InChI is InChI=1S/C14H15BrN2OS2/c1-2-8-3-4-10-11(7-8)20-14(16-10)17-13(18)12-9(15)5-6-19-12/h5-6,8H,2-4,7H2,1H3,(H,16,17,18). The zero-order valence-electron chi connectivity index (χ0n) is 11.1. The van der Waals surface area contributed by atoms with Crippen LogP contribution in [0.15, 0.2) is 15.9 Å². The second-order valence-electron chi connectivity index (χ2n) is 4.96. The average Bonchev–Trinajstić information content (AvgIpc) is 3.03. The number of hydrogen-bond donors (Lipinski definition) is 1. The Morgan fingerprint density at radius 1 is 1.60 bits per heavy atom. The highest BCUT2D eigenvalue weighted by Crippen LogP contribution is 2.34. The average molecular weight is 371 g/mol. The van der Waals surface area contributed by atoms with Crippen molar-refractivity contribution in [2.45, 2.75) is 32.6 Å². The number of thiazole rings is 1. The fraction of sp³-hybridized carbons (Fsp3) is 0.429. The molecule has 0 radical (unpaired) electrons. The molecule has 1 aliphatic rings. The van der Waals surface area contributed by atoms with Gasteiger partial charge in [-0.25, -0.2) is 4.98 Å². The Balaban J connectivity index is 1.75. The predicted octanol–water partition coefficient (Wildman–Crippen LogP) is 4.73. The molecule has 2 aromatic heterocycles. The van der Waals surface area contributed by atoms with E-state index in [0.29, 0.717) is 4.88 Å². The van der Waals surface area contributed by atoms with Gasteiger partial charge in [0.05, 0.1) is 5.69 Å². The van der Waals surface area contributed by atoms with Crippen LogP contribution in [0.2, 0.25) is 0 Å². The first-order valence-electron chi connectivity index (χ1n) is 6.70. The summed E-state index contributed by atoms with van der Waals surface area (Å²) in [5.74, 6) is 0.697. The fourth-order valence-corrected chi connectivity index (χ4v) is 5.02. The summed E-state index contributed by atoms with van der Waals surface area (Å²) in [6.07, 6.45) is 4.60. The first kappa shape index (κ1) is 14.2. The maximum absolute atomic E-state index is 12.2. The second-order valence-corrected chi connectivity index (χ2v) is 7.81. The lowest BCUT2D eigenvalue weighted by Gasteiger charge is -2.18. The summed E-state index contributed by atoms with van der Waals surface area (Å²) in [6, 6.07) is 1.89. The molecule has 0 saturated heterocycles. The van der Waals surface area contributed by atoms with Crippen molar-refractivity contribution in [1.82, 2.24) is 4.98 Å². The number of fused-ring (bicyclic) bond motifs is 1. The van der Waals surface area contributed by atoms with Crippen LogP contribution in [-0.4, -0.2) is 10.9 Å². The number of anilines is 1.